The number of hydrogen-bond acceptors (Lipinski definition) is 7. The van der Waals surface area contributed by atoms with E-state index in [2.05, 4.69) is 20.6 Å². The summed E-state index contributed by atoms with van der Waals surface area (Å²) in [6, 6.07) is 3.44. The average molecular weight is 310 g/mol. The molecule has 8 nitrogen and oxygen atoms in total. The SMILES string of the molecule is Cc1ccc(-n2nc(NC(C)C)c(S(C)(=O)=O)c2N)nn1. The third-order valence-electron chi connectivity index (χ3n) is 2.67. The summed E-state index contributed by atoms with van der Waals surface area (Å²) in [6.45, 7) is 5.57. The lowest BCUT2D eigenvalue weighted by Crippen LogP contribution is -2.13. The van der Waals surface area contributed by atoms with Crippen molar-refractivity contribution >= 4 is 21.5 Å². The normalized spacial score (nSPS) is 11.9. The van der Waals surface area contributed by atoms with Gasteiger partial charge in [0.05, 0.1) is 5.69 Å². The lowest BCUT2D eigenvalue weighted by atomic mass is 10.4. The van der Waals surface area contributed by atoms with Crippen LogP contribution in [-0.4, -0.2) is 40.7 Å². The second kappa shape index (κ2) is 5.32. The van der Waals surface area contributed by atoms with Gasteiger partial charge in [0.15, 0.2) is 26.4 Å². The van der Waals surface area contributed by atoms with E-state index in [1.54, 1.807) is 19.1 Å². The highest BCUT2D eigenvalue weighted by Gasteiger charge is 2.25. The average Bonchev–Trinajstić information content (AvgIpc) is 2.66. The van der Waals surface area contributed by atoms with Gasteiger partial charge in [-0.1, -0.05) is 0 Å². The molecule has 9 heteroatoms. The van der Waals surface area contributed by atoms with E-state index >= 15 is 0 Å². The van der Waals surface area contributed by atoms with Gasteiger partial charge in [-0.3, -0.25) is 0 Å². The molecule has 2 rings (SSSR count). The van der Waals surface area contributed by atoms with E-state index in [0.717, 1.165) is 11.9 Å². The van der Waals surface area contributed by atoms with Crippen LogP contribution in [0.1, 0.15) is 19.5 Å². The van der Waals surface area contributed by atoms with E-state index in [9.17, 15) is 8.42 Å². The molecule has 0 spiro atoms. The predicted octanol–water partition coefficient (Wildman–Crippen LogP) is 0.777. The molecule has 0 aliphatic rings. The van der Waals surface area contributed by atoms with Crippen molar-refractivity contribution in [2.24, 2.45) is 0 Å². The van der Waals surface area contributed by atoms with Gasteiger partial charge in [-0.15, -0.1) is 10.2 Å². The van der Waals surface area contributed by atoms with Crippen molar-refractivity contribution in [2.75, 3.05) is 17.3 Å². The van der Waals surface area contributed by atoms with Crippen molar-refractivity contribution in [3.05, 3.63) is 17.8 Å². The van der Waals surface area contributed by atoms with Gasteiger partial charge in [0.25, 0.3) is 0 Å². The van der Waals surface area contributed by atoms with E-state index < -0.39 is 9.84 Å². The second-order valence-corrected chi connectivity index (χ2v) is 7.03. The Labute approximate surface area is 123 Å². The van der Waals surface area contributed by atoms with E-state index in [1.165, 1.54) is 4.68 Å². The van der Waals surface area contributed by atoms with Crippen LogP contribution in [0.4, 0.5) is 11.6 Å². The molecule has 3 N–H and O–H groups in total. The quantitative estimate of drug-likeness (QED) is 0.857. The summed E-state index contributed by atoms with van der Waals surface area (Å²) in [5.74, 6) is 0.589. The molecule has 0 saturated heterocycles. The van der Waals surface area contributed by atoms with Crippen molar-refractivity contribution < 1.29 is 8.42 Å². The van der Waals surface area contributed by atoms with Gasteiger partial charge in [0.1, 0.15) is 5.82 Å². The number of sulfone groups is 1. The molecule has 21 heavy (non-hydrogen) atoms. The Morgan fingerprint density at radius 3 is 2.43 bits per heavy atom. The number of nitrogens with two attached hydrogens (primary N) is 1. The Kier molecular flexibility index (Phi) is 3.86. The van der Waals surface area contributed by atoms with Crippen molar-refractivity contribution in [1.29, 1.82) is 0 Å². The number of hydrogen-bond donors (Lipinski definition) is 2. The zero-order chi connectivity index (χ0) is 15.8. The fraction of sp³-hybridized carbons (Fsp3) is 0.417. The van der Waals surface area contributed by atoms with Gasteiger partial charge in [0.2, 0.25) is 0 Å². The summed E-state index contributed by atoms with van der Waals surface area (Å²) in [5, 5.41) is 15.1. The molecular formula is C12H18N6O2S. The summed E-state index contributed by atoms with van der Waals surface area (Å²) in [5.41, 5.74) is 6.69. The van der Waals surface area contributed by atoms with Gasteiger partial charge in [-0.05, 0) is 32.9 Å². The molecule has 0 unspecified atom stereocenters. The maximum Gasteiger partial charge on any atom is 0.182 e. The largest absolute Gasteiger partial charge is 0.382 e. The number of nitrogen functional groups attached to an aromatic ring is 1. The topological polar surface area (TPSA) is 116 Å². The number of anilines is 2. The zero-order valence-corrected chi connectivity index (χ0v) is 13.1. The zero-order valence-electron chi connectivity index (χ0n) is 12.3. The lowest BCUT2D eigenvalue weighted by Gasteiger charge is -2.07. The molecular weight excluding hydrogens is 292 g/mol. The minimum atomic E-state index is -3.52. The first kappa shape index (κ1) is 15.2. The van der Waals surface area contributed by atoms with Crippen LogP contribution in [0.15, 0.2) is 17.0 Å². The third-order valence-corrected chi connectivity index (χ3v) is 3.82. The predicted molar refractivity (Wildman–Crippen MR) is 80.2 cm³/mol. The van der Waals surface area contributed by atoms with Crippen molar-refractivity contribution in [2.45, 2.75) is 31.7 Å². The molecule has 2 aromatic rings. The Morgan fingerprint density at radius 1 is 1.29 bits per heavy atom. The Bertz CT molecular complexity index is 749. The van der Waals surface area contributed by atoms with Crippen molar-refractivity contribution in [3.8, 4) is 5.82 Å². The maximum atomic E-state index is 11.9. The monoisotopic (exact) mass is 310 g/mol. The highest BCUT2D eigenvalue weighted by molar-refractivity contribution is 7.91. The Balaban J connectivity index is 2.64. The summed E-state index contributed by atoms with van der Waals surface area (Å²) in [7, 11) is -3.52. The summed E-state index contributed by atoms with van der Waals surface area (Å²) in [4.78, 5) is -0.0291. The van der Waals surface area contributed by atoms with E-state index in [4.69, 9.17) is 5.73 Å². The molecule has 2 heterocycles. The van der Waals surface area contributed by atoms with Crippen molar-refractivity contribution in [3.63, 3.8) is 0 Å². The van der Waals surface area contributed by atoms with Crippen LogP contribution in [0.5, 0.6) is 0 Å². The number of aromatic nitrogens is 4. The first-order chi connectivity index (χ1) is 9.70. The van der Waals surface area contributed by atoms with E-state index in [-0.39, 0.29) is 22.6 Å². The number of aryl methyl sites for hydroxylation is 1. The van der Waals surface area contributed by atoms with E-state index in [0.29, 0.717) is 5.82 Å². The van der Waals surface area contributed by atoms with Crippen LogP contribution >= 0.6 is 0 Å². The molecule has 2 aromatic heterocycles. The summed E-state index contributed by atoms with van der Waals surface area (Å²) < 4.78 is 25.2. The van der Waals surface area contributed by atoms with Gasteiger partial charge in [0, 0.05) is 12.3 Å². The minimum absolute atomic E-state index is 0.0114. The Morgan fingerprint density at radius 2 is 1.95 bits per heavy atom. The fourth-order valence-corrected chi connectivity index (χ4v) is 2.75. The van der Waals surface area contributed by atoms with Crippen molar-refractivity contribution in [1.82, 2.24) is 20.0 Å². The van der Waals surface area contributed by atoms with Crippen LogP contribution in [0.2, 0.25) is 0 Å². The van der Waals surface area contributed by atoms with Crippen LogP contribution in [0, 0.1) is 6.92 Å². The van der Waals surface area contributed by atoms with E-state index in [1.807, 2.05) is 13.8 Å². The molecule has 0 saturated carbocycles. The molecule has 0 radical (unpaired) electrons. The van der Waals surface area contributed by atoms with Gasteiger partial charge in [-0.25, -0.2) is 8.42 Å². The molecule has 0 amide bonds. The first-order valence-corrected chi connectivity index (χ1v) is 8.25. The number of rotatable bonds is 4. The first-order valence-electron chi connectivity index (χ1n) is 6.36. The van der Waals surface area contributed by atoms with Gasteiger partial charge >= 0.3 is 0 Å². The van der Waals surface area contributed by atoms with Crippen LogP contribution in [0.3, 0.4) is 0 Å². The molecule has 0 aliphatic heterocycles. The molecule has 0 aromatic carbocycles. The van der Waals surface area contributed by atoms with Gasteiger partial charge < -0.3 is 11.1 Å². The second-order valence-electron chi connectivity index (χ2n) is 5.08. The van der Waals surface area contributed by atoms with Gasteiger partial charge in [-0.2, -0.15) is 9.78 Å². The maximum absolute atomic E-state index is 11.9. The number of nitrogens with one attached hydrogen (secondary N) is 1. The standard InChI is InChI=1S/C12H18N6O2S/c1-7(2)14-12-10(21(4,19)20)11(13)18(17-12)9-6-5-8(3)15-16-9/h5-7H,13H2,1-4H3,(H,14,17). The molecule has 0 atom stereocenters. The summed E-state index contributed by atoms with van der Waals surface area (Å²) in [6.07, 6.45) is 1.09. The lowest BCUT2D eigenvalue weighted by molar-refractivity contribution is 0.602. The minimum Gasteiger partial charge on any atom is -0.382 e. The Hall–Kier alpha value is -2.16. The van der Waals surface area contributed by atoms with Crippen LogP contribution < -0.4 is 11.1 Å². The summed E-state index contributed by atoms with van der Waals surface area (Å²) >= 11 is 0. The number of nitrogens with zero attached hydrogens (tertiary/aromatic N) is 4. The molecule has 0 fully saturated rings. The fourth-order valence-electron chi connectivity index (χ4n) is 1.83. The van der Waals surface area contributed by atoms with Crippen LogP contribution in [0.25, 0.3) is 5.82 Å². The highest BCUT2D eigenvalue weighted by atomic mass is 32.2. The highest BCUT2D eigenvalue weighted by Crippen LogP contribution is 2.29. The molecule has 0 bridgehead atoms. The van der Waals surface area contributed by atoms with Crippen LogP contribution in [-0.2, 0) is 9.84 Å². The smallest absolute Gasteiger partial charge is 0.182 e. The molecule has 114 valence electrons. The molecule has 0 aliphatic carbocycles. The third kappa shape index (κ3) is 3.13.